The summed E-state index contributed by atoms with van der Waals surface area (Å²) in [4.78, 5) is 16.2. The van der Waals surface area contributed by atoms with E-state index in [0.29, 0.717) is 12.1 Å². The molecule has 0 bridgehead atoms. The second-order valence-corrected chi connectivity index (χ2v) is 10.6. The van der Waals surface area contributed by atoms with Crippen molar-refractivity contribution in [2.24, 2.45) is 11.8 Å². The smallest absolute Gasteiger partial charge is 0.227 e. The van der Waals surface area contributed by atoms with E-state index in [0.717, 1.165) is 40.0 Å². The molecule has 1 saturated heterocycles. The van der Waals surface area contributed by atoms with Gasteiger partial charge in [0.2, 0.25) is 5.91 Å². The highest BCUT2D eigenvalue weighted by atomic mass is 19.1. The maximum atomic E-state index is 15.4. The second kappa shape index (κ2) is 10.5. The summed E-state index contributed by atoms with van der Waals surface area (Å²) in [5, 5.41) is 0. The molecule has 0 saturated carbocycles. The maximum Gasteiger partial charge on any atom is 0.227 e. The molecule has 2 aliphatic rings. The van der Waals surface area contributed by atoms with Crippen molar-refractivity contribution in [1.82, 2.24) is 4.90 Å². The monoisotopic (exact) mass is 517 g/mol. The van der Waals surface area contributed by atoms with E-state index in [-0.39, 0.29) is 35.5 Å². The van der Waals surface area contributed by atoms with Crippen molar-refractivity contribution in [2.45, 2.75) is 31.8 Å². The van der Waals surface area contributed by atoms with Crippen molar-refractivity contribution in [3.8, 4) is 16.9 Å². The Hall–Kier alpha value is -4.18. The molecule has 4 heteroatoms. The summed E-state index contributed by atoms with van der Waals surface area (Å²) in [5.41, 5.74) is 5.98. The van der Waals surface area contributed by atoms with E-state index in [1.54, 1.807) is 13.2 Å². The van der Waals surface area contributed by atoms with E-state index in [9.17, 15) is 4.79 Å². The molecule has 1 aliphatic heterocycles. The lowest BCUT2D eigenvalue weighted by atomic mass is 9.71. The number of ether oxygens (including phenoxy) is 1. The third-order valence-electron chi connectivity index (χ3n) is 8.27. The largest absolute Gasteiger partial charge is 0.497 e. The molecule has 4 atom stereocenters. The lowest BCUT2D eigenvalue weighted by molar-refractivity contribution is -0.133. The van der Waals surface area contributed by atoms with Crippen LogP contribution in [0.15, 0.2) is 109 Å². The molecular weight excluding hydrogens is 485 g/mol. The van der Waals surface area contributed by atoms with Gasteiger partial charge < -0.3 is 9.64 Å². The highest BCUT2D eigenvalue weighted by Gasteiger charge is 2.52. The van der Waals surface area contributed by atoms with Crippen molar-refractivity contribution in [3.63, 3.8) is 0 Å². The Morgan fingerprint density at radius 2 is 1.69 bits per heavy atom. The molecule has 0 spiro atoms. The van der Waals surface area contributed by atoms with E-state index >= 15 is 4.39 Å². The number of rotatable bonds is 6. The summed E-state index contributed by atoms with van der Waals surface area (Å²) in [7, 11) is 1.66. The van der Waals surface area contributed by atoms with Crippen molar-refractivity contribution in [2.75, 3.05) is 7.11 Å². The van der Waals surface area contributed by atoms with Gasteiger partial charge in [-0.1, -0.05) is 96.6 Å². The topological polar surface area (TPSA) is 29.5 Å². The average molecular weight is 518 g/mol. The van der Waals surface area contributed by atoms with Gasteiger partial charge in [-0.15, -0.1) is 0 Å². The predicted octanol–water partition coefficient (Wildman–Crippen LogP) is 7.87. The number of benzene rings is 4. The number of aryl methyl sites for hydroxylation is 1. The summed E-state index contributed by atoms with van der Waals surface area (Å²) in [6.45, 7) is 2.43. The molecule has 4 aromatic rings. The second-order valence-electron chi connectivity index (χ2n) is 10.6. The van der Waals surface area contributed by atoms with Gasteiger partial charge >= 0.3 is 0 Å². The Kier molecular flexibility index (Phi) is 6.78. The van der Waals surface area contributed by atoms with Crippen LogP contribution in [0, 0.1) is 24.6 Å². The number of carbonyl (C=O) groups is 1. The summed E-state index contributed by atoms with van der Waals surface area (Å²) >= 11 is 0. The molecule has 1 aliphatic carbocycles. The average Bonchev–Trinajstić information content (AvgIpc) is 3.26. The van der Waals surface area contributed by atoms with E-state index in [2.05, 4.69) is 48.6 Å². The Bertz CT molecular complexity index is 1510. The molecule has 196 valence electrons. The van der Waals surface area contributed by atoms with Gasteiger partial charge in [0.1, 0.15) is 11.6 Å². The van der Waals surface area contributed by atoms with Gasteiger partial charge in [-0.2, -0.15) is 0 Å². The number of hydrogen-bond donors (Lipinski definition) is 0. The minimum Gasteiger partial charge on any atom is -0.497 e. The minimum atomic E-state index is -0.355. The summed E-state index contributed by atoms with van der Waals surface area (Å²) in [6, 6.07) is 31.4. The molecule has 1 amide bonds. The molecule has 0 N–H and O–H groups in total. The normalized spacial score (nSPS) is 22.1. The Morgan fingerprint density at radius 3 is 2.46 bits per heavy atom. The molecule has 0 aromatic heterocycles. The zero-order chi connectivity index (χ0) is 26.9. The molecule has 39 heavy (non-hydrogen) atoms. The van der Waals surface area contributed by atoms with Crippen molar-refractivity contribution in [3.05, 3.63) is 137 Å². The predicted molar refractivity (Wildman–Crippen MR) is 153 cm³/mol. The van der Waals surface area contributed by atoms with Crippen LogP contribution in [0.2, 0.25) is 0 Å². The number of amides is 1. The Balaban J connectivity index is 1.40. The van der Waals surface area contributed by atoms with Crippen LogP contribution < -0.4 is 4.74 Å². The molecule has 6 rings (SSSR count). The number of carbonyl (C=O) groups excluding carboxylic acids is 1. The van der Waals surface area contributed by atoms with Gasteiger partial charge in [0.25, 0.3) is 0 Å². The third kappa shape index (κ3) is 4.76. The van der Waals surface area contributed by atoms with Gasteiger partial charge in [-0.05, 0) is 59.7 Å². The summed E-state index contributed by atoms with van der Waals surface area (Å²) in [6.07, 6.45) is 5.12. The molecule has 4 aromatic carbocycles. The number of nitrogens with zero attached hydrogens (tertiary/aromatic N) is 1. The van der Waals surface area contributed by atoms with Gasteiger partial charge in [-0.25, -0.2) is 4.39 Å². The van der Waals surface area contributed by atoms with Gasteiger partial charge in [-0.3, -0.25) is 4.79 Å². The summed E-state index contributed by atoms with van der Waals surface area (Å²) in [5.74, 6) is 0.310. The van der Waals surface area contributed by atoms with Crippen LogP contribution in [0.4, 0.5) is 4.39 Å². The first kappa shape index (κ1) is 25.1. The molecule has 0 radical (unpaired) electrons. The highest BCUT2D eigenvalue weighted by molar-refractivity contribution is 5.84. The number of likely N-dealkylation sites (tertiary alicyclic amines) is 1. The number of hydrogen-bond acceptors (Lipinski definition) is 2. The quantitative estimate of drug-likeness (QED) is 0.244. The van der Waals surface area contributed by atoms with Crippen molar-refractivity contribution in [1.29, 1.82) is 0 Å². The lowest BCUT2D eigenvalue weighted by Gasteiger charge is -2.31. The van der Waals surface area contributed by atoms with Crippen LogP contribution in [0.1, 0.15) is 40.6 Å². The van der Waals surface area contributed by atoms with Gasteiger partial charge in [0, 0.05) is 18.0 Å². The fraction of sp³-hybridized carbons (Fsp3) is 0.229. The molecule has 1 fully saturated rings. The van der Waals surface area contributed by atoms with Crippen LogP contribution in [0.3, 0.4) is 0 Å². The van der Waals surface area contributed by atoms with Crippen LogP contribution in [-0.4, -0.2) is 17.9 Å². The first-order chi connectivity index (χ1) is 19.0. The van der Waals surface area contributed by atoms with E-state index in [4.69, 9.17) is 4.74 Å². The minimum absolute atomic E-state index is 0.0156. The highest BCUT2D eigenvalue weighted by Crippen LogP contribution is 2.52. The Morgan fingerprint density at radius 1 is 0.897 bits per heavy atom. The molecular formula is C35H32FNO2. The van der Waals surface area contributed by atoms with Crippen molar-refractivity contribution >= 4 is 5.91 Å². The zero-order valence-corrected chi connectivity index (χ0v) is 22.3. The number of halogens is 1. The van der Waals surface area contributed by atoms with E-state index in [1.165, 1.54) is 6.07 Å². The third-order valence-corrected chi connectivity index (χ3v) is 8.27. The van der Waals surface area contributed by atoms with Crippen LogP contribution in [0.5, 0.6) is 5.75 Å². The summed E-state index contributed by atoms with van der Waals surface area (Å²) < 4.78 is 20.7. The van der Waals surface area contributed by atoms with Gasteiger partial charge in [0.05, 0.1) is 19.1 Å². The fourth-order valence-corrected chi connectivity index (χ4v) is 6.39. The van der Waals surface area contributed by atoms with E-state index in [1.807, 2.05) is 60.4 Å². The molecule has 3 nitrogen and oxygen atoms in total. The first-order valence-electron chi connectivity index (χ1n) is 13.5. The van der Waals surface area contributed by atoms with Crippen LogP contribution in [-0.2, 0) is 11.3 Å². The molecule has 0 unspecified atom stereocenters. The number of methoxy groups -OCH3 is 1. The lowest BCUT2D eigenvalue weighted by Crippen LogP contribution is -2.31. The Labute approximate surface area is 229 Å². The van der Waals surface area contributed by atoms with Crippen LogP contribution in [0.25, 0.3) is 11.1 Å². The van der Waals surface area contributed by atoms with Crippen molar-refractivity contribution < 1.29 is 13.9 Å². The van der Waals surface area contributed by atoms with Gasteiger partial charge in [0.15, 0.2) is 0 Å². The van der Waals surface area contributed by atoms with Crippen LogP contribution >= 0.6 is 0 Å². The standard InChI is InChI=1S/C35H32FNO2/c1-23-14-19-32(36)31(20-23)34-30-13-7-12-29(33(30)35(38)37(34)22-24-8-4-3-5-9-24)27-11-6-10-26(21-27)25-15-17-28(39-2)18-16-25/h3-11,13-21,29-30,33-34H,12,22H2,1-2H3/t29-,30-,33-,34-/m1/s1. The SMILES string of the molecule is COc1ccc(-c2cccc([C@H]3CC=C[C@@H]4[C@@H]3C(=O)N(Cc3ccccc3)[C@H]4c3cc(C)ccc3F)c2)cc1. The maximum absolute atomic E-state index is 15.4. The number of fused-ring (bicyclic) bond motifs is 1. The fourth-order valence-electron chi connectivity index (χ4n) is 6.39. The molecule has 1 heterocycles. The zero-order valence-electron chi connectivity index (χ0n) is 22.3. The number of allylic oxidation sites excluding steroid dienone is 1. The first-order valence-corrected chi connectivity index (χ1v) is 13.5. The van der Waals surface area contributed by atoms with E-state index < -0.39 is 0 Å².